The number of hydrogen-bond acceptors (Lipinski definition) is 4. The van der Waals surface area contributed by atoms with E-state index in [9.17, 15) is 27.6 Å². The number of rotatable bonds is 4. The Morgan fingerprint density at radius 2 is 2.00 bits per heavy atom. The Bertz CT molecular complexity index is 796. The fourth-order valence-electron chi connectivity index (χ4n) is 3.89. The summed E-state index contributed by atoms with van der Waals surface area (Å²) in [5.41, 5.74) is -2.09. The van der Waals surface area contributed by atoms with Crippen molar-refractivity contribution in [3.8, 4) is 0 Å². The summed E-state index contributed by atoms with van der Waals surface area (Å²) in [6.45, 7) is 0.653. The third-order valence-corrected chi connectivity index (χ3v) is 5.50. The lowest BCUT2D eigenvalue weighted by Crippen LogP contribution is -2.54. The van der Waals surface area contributed by atoms with Crippen LogP contribution >= 0.6 is 0 Å². The molecule has 1 aliphatic heterocycles. The highest BCUT2D eigenvalue weighted by Crippen LogP contribution is 2.38. The second-order valence-electron chi connectivity index (χ2n) is 7.26. The van der Waals surface area contributed by atoms with Gasteiger partial charge in [-0.25, -0.2) is 4.79 Å². The minimum Gasteiger partial charge on any atom is -0.459 e. The Morgan fingerprint density at radius 3 is 2.68 bits per heavy atom. The average molecular weight is 398 g/mol. The summed E-state index contributed by atoms with van der Waals surface area (Å²) in [4.78, 5) is 37.9. The van der Waals surface area contributed by atoms with Gasteiger partial charge in [0.2, 0.25) is 0 Å². The molecule has 1 aromatic rings. The van der Waals surface area contributed by atoms with Crippen molar-refractivity contribution in [3.63, 3.8) is 0 Å². The topological polar surface area (TPSA) is 75.7 Å². The minimum absolute atomic E-state index is 0.0580. The van der Waals surface area contributed by atoms with Crippen molar-refractivity contribution in [3.05, 3.63) is 35.4 Å². The number of hydrogen-bond donors (Lipinski definition) is 1. The Hall–Kier alpha value is -2.58. The van der Waals surface area contributed by atoms with E-state index in [0.717, 1.165) is 30.2 Å². The maximum Gasteiger partial charge on any atom is 0.416 e. The van der Waals surface area contributed by atoms with E-state index in [0.29, 0.717) is 6.42 Å². The van der Waals surface area contributed by atoms with E-state index in [1.807, 2.05) is 6.92 Å². The van der Waals surface area contributed by atoms with Crippen LogP contribution in [0, 0.1) is 5.92 Å². The van der Waals surface area contributed by atoms with Crippen LogP contribution in [0.3, 0.4) is 0 Å². The molecule has 1 aromatic carbocycles. The molecule has 2 atom stereocenters. The van der Waals surface area contributed by atoms with Crippen molar-refractivity contribution in [1.82, 2.24) is 10.2 Å². The number of nitrogens with zero attached hydrogens (tertiary/aromatic N) is 1. The molecule has 9 heteroatoms. The van der Waals surface area contributed by atoms with Crippen LogP contribution in [0.1, 0.15) is 43.7 Å². The molecular formula is C19H21F3N2O4. The predicted molar refractivity (Wildman–Crippen MR) is 91.8 cm³/mol. The highest BCUT2D eigenvalue weighted by molar-refractivity contribution is 6.08. The number of nitrogens with one attached hydrogen (secondary N) is 1. The SMILES string of the molecule is C[C@H]1CCCC[C@]12NC(=O)N(CC(=O)OCc1ccccc1C(F)(F)F)C2=O. The number of carbonyl (C=O) groups excluding carboxylic acids is 3. The van der Waals surface area contributed by atoms with Gasteiger partial charge in [-0.2, -0.15) is 13.2 Å². The number of benzene rings is 1. The van der Waals surface area contributed by atoms with Gasteiger partial charge in [0.05, 0.1) is 5.56 Å². The van der Waals surface area contributed by atoms with Gasteiger partial charge in [0.1, 0.15) is 18.7 Å². The number of ether oxygens (including phenoxy) is 1. The average Bonchev–Trinajstić information content (AvgIpc) is 2.87. The zero-order valence-electron chi connectivity index (χ0n) is 15.3. The molecule has 1 N–H and O–H groups in total. The lowest BCUT2D eigenvalue weighted by atomic mass is 9.73. The molecule has 1 saturated heterocycles. The van der Waals surface area contributed by atoms with E-state index < -0.39 is 48.3 Å². The van der Waals surface area contributed by atoms with Gasteiger partial charge < -0.3 is 10.1 Å². The van der Waals surface area contributed by atoms with Crippen molar-refractivity contribution < 1.29 is 32.3 Å². The maximum absolute atomic E-state index is 13.0. The van der Waals surface area contributed by atoms with Crippen LogP contribution in [0.25, 0.3) is 0 Å². The van der Waals surface area contributed by atoms with Crippen molar-refractivity contribution in [1.29, 1.82) is 0 Å². The molecule has 152 valence electrons. The molecule has 1 saturated carbocycles. The van der Waals surface area contributed by atoms with Gasteiger partial charge >= 0.3 is 18.2 Å². The number of amides is 3. The van der Waals surface area contributed by atoms with Crippen molar-refractivity contribution in [2.45, 2.75) is 50.9 Å². The Kier molecular flexibility index (Phi) is 5.36. The molecule has 3 amide bonds. The van der Waals surface area contributed by atoms with Crippen LogP contribution in [-0.4, -0.2) is 34.9 Å². The largest absolute Gasteiger partial charge is 0.459 e. The van der Waals surface area contributed by atoms with Gasteiger partial charge in [0.25, 0.3) is 5.91 Å². The highest BCUT2D eigenvalue weighted by atomic mass is 19.4. The van der Waals surface area contributed by atoms with Crippen LogP contribution in [0.4, 0.5) is 18.0 Å². The second kappa shape index (κ2) is 7.44. The lowest BCUT2D eigenvalue weighted by Gasteiger charge is -2.36. The molecule has 28 heavy (non-hydrogen) atoms. The summed E-state index contributed by atoms with van der Waals surface area (Å²) in [6.07, 6.45) is -1.52. The van der Waals surface area contributed by atoms with Crippen LogP contribution in [0.2, 0.25) is 0 Å². The second-order valence-corrected chi connectivity index (χ2v) is 7.26. The summed E-state index contributed by atoms with van der Waals surface area (Å²) in [5, 5.41) is 2.71. The van der Waals surface area contributed by atoms with E-state index in [1.54, 1.807) is 0 Å². The van der Waals surface area contributed by atoms with E-state index in [-0.39, 0.29) is 11.5 Å². The Labute approximate surface area is 160 Å². The molecule has 0 bridgehead atoms. The molecule has 0 unspecified atom stereocenters. The number of halogens is 3. The predicted octanol–water partition coefficient (Wildman–Crippen LogP) is 3.25. The zero-order chi connectivity index (χ0) is 20.5. The third kappa shape index (κ3) is 3.70. The molecular weight excluding hydrogens is 377 g/mol. The van der Waals surface area contributed by atoms with Crippen LogP contribution in [0.15, 0.2) is 24.3 Å². The molecule has 2 aliphatic rings. The van der Waals surface area contributed by atoms with Gasteiger partial charge in [-0.3, -0.25) is 14.5 Å². The smallest absolute Gasteiger partial charge is 0.416 e. The number of esters is 1. The first-order valence-electron chi connectivity index (χ1n) is 9.10. The van der Waals surface area contributed by atoms with Crippen LogP contribution in [0.5, 0.6) is 0 Å². The van der Waals surface area contributed by atoms with Crippen molar-refractivity contribution in [2.24, 2.45) is 5.92 Å². The number of carbonyl (C=O) groups is 3. The first kappa shape index (κ1) is 20.2. The fourth-order valence-corrected chi connectivity index (χ4v) is 3.89. The first-order chi connectivity index (χ1) is 13.1. The quantitative estimate of drug-likeness (QED) is 0.624. The van der Waals surface area contributed by atoms with Gasteiger partial charge in [0, 0.05) is 5.56 Å². The van der Waals surface area contributed by atoms with Gasteiger partial charge in [-0.15, -0.1) is 0 Å². The number of alkyl halides is 3. The summed E-state index contributed by atoms with van der Waals surface area (Å²) in [7, 11) is 0. The van der Waals surface area contributed by atoms with E-state index in [2.05, 4.69) is 5.32 Å². The molecule has 0 aromatic heterocycles. The number of imide groups is 1. The molecule has 2 fully saturated rings. The van der Waals surface area contributed by atoms with Gasteiger partial charge in [-0.05, 0) is 24.8 Å². The fraction of sp³-hybridized carbons (Fsp3) is 0.526. The van der Waals surface area contributed by atoms with Crippen molar-refractivity contribution >= 4 is 17.9 Å². The highest BCUT2D eigenvalue weighted by Gasteiger charge is 2.55. The molecule has 3 rings (SSSR count). The molecule has 1 heterocycles. The van der Waals surface area contributed by atoms with Gasteiger partial charge in [-0.1, -0.05) is 38.0 Å². The van der Waals surface area contributed by atoms with Gasteiger partial charge in [0.15, 0.2) is 0 Å². The minimum atomic E-state index is -4.57. The molecule has 0 radical (unpaired) electrons. The summed E-state index contributed by atoms with van der Waals surface area (Å²) in [6, 6.07) is 4.08. The molecule has 1 spiro atoms. The van der Waals surface area contributed by atoms with Crippen LogP contribution < -0.4 is 5.32 Å². The van der Waals surface area contributed by atoms with E-state index >= 15 is 0 Å². The van der Waals surface area contributed by atoms with Crippen molar-refractivity contribution in [2.75, 3.05) is 6.54 Å². The summed E-state index contributed by atoms with van der Waals surface area (Å²) >= 11 is 0. The summed E-state index contributed by atoms with van der Waals surface area (Å²) in [5.74, 6) is -1.48. The standard InChI is InChI=1S/C19H21F3N2O4/c1-12-6-4-5-9-18(12)16(26)24(17(27)23-18)10-15(25)28-11-13-7-2-3-8-14(13)19(20,21)22/h2-3,7-8,12H,4-6,9-11H2,1H3,(H,23,27)/t12-,18-/m0/s1. The molecule has 6 nitrogen and oxygen atoms in total. The van der Waals surface area contributed by atoms with E-state index in [1.165, 1.54) is 18.2 Å². The Morgan fingerprint density at radius 1 is 1.29 bits per heavy atom. The first-order valence-corrected chi connectivity index (χ1v) is 9.10. The molecule has 1 aliphatic carbocycles. The maximum atomic E-state index is 13.0. The normalized spacial score (nSPS) is 25.1. The summed E-state index contributed by atoms with van der Waals surface area (Å²) < 4.78 is 43.9. The van der Waals surface area contributed by atoms with Crippen LogP contribution in [-0.2, 0) is 27.1 Å². The monoisotopic (exact) mass is 398 g/mol. The third-order valence-electron chi connectivity index (χ3n) is 5.50. The van der Waals surface area contributed by atoms with E-state index in [4.69, 9.17) is 4.74 Å². The number of urea groups is 1. The Balaban J connectivity index is 1.65. The lowest BCUT2D eigenvalue weighted by molar-refractivity contribution is -0.150. The zero-order valence-corrected chi connectivity index (χ0v) is 15.3.